The summed E-state index contributed by atoms with van der Waals surface area (Å²) in [7, 11) is 4.84. The van der Waals surface area contributed by atoms with Crippen LogP contribution in [0.4, 0.5) is 10.1 Å². The lowest BCUT2D eigenvalue weighted by molar-refractivity contribution is 0.341. The van der Waals surface area contributed by atoms with E-state index in [0.29, 0.717) is 24.3 Å². The van der Waals surface area contributed by atoms with Gasteiger partial charge in [-0.15, -0.1) is 0 Å². The molecule has 0 unspecified atom stereocenters. The fourth-order valence-corrected chi connectivity index (χ4v) is 4.10. The van der Waals surface area contributed by atoms with E-state index in [0.717, 1.165) is 32.7 Å². The first kappa shape index (κ1) is 23.7. The van der Waals surface area contributed by atoms with Crippen LogP contribution in [0.5, 0.6) is 11.5 Å². The quantitative estimate of drug-likeness (QED) is 0.305. The first-order chi connectivity index (χ1) is 15.5. The molecule has 0 amide bonds. The van der Waals surface area contributed by atoms with Crippen LogP contribution in [0, 0.1) is 12.7 Å². The maximum atomic E-state index is 15.6. The Morgan fingerprint density at radius 3 is 1.81 bits per heavy atom. The van der Waals surface area contributed by atoms with Crippen molar-refractivity contribution in [3.63, 3.8) is 0 Å². The van der Waals surface area contributed by atoms with Crippen molar-refractivity contribution in [2.45, 2.75) is 20.0 Å². The number of anilines is 1. The van der Waals surface area contributed by atoms with Crippen molar-refractivity contribution in [1.82, 2.24) is 0 Å². The molecule has 3 rings (SSSR count). The van der Waals surface area contributed by atoms with Gasteiger partial charge < -0.3 is 19.1 Å². The second-order valence-electron chi connectivity index (χ2n) is 7.32. The van der Waals surface area contributed by atoms with Gasteiger partial charge >= 0.3 is 0 Å². The molecule has 0 aliphatic rings. The van der Waals surface area contributed by atoms with Crippen molar-refractivity contribution >= 4 is 27.7 Å². The lowest BCUT2D eigenvalue weighted by Gasteiger charge is -2.27. The lowest BCUT2D eigenvalue weighted by Crippen LogP contribution is -2.23. The van der Waals surface area contributed by atoms with E-state index in [9.17, 15) is 0 Å². The molecule has 0 atom stereocenters. The number of hydrogen-bond acceptors (Lipinski definition) is 4. The number of ether oxygens (including phenoxy) is 3. The molecule has 4 nitrogen and oxygen atoms in total. The summed E-state index contributed by atoms with van der Waals surface area (Å²) in [5, 5.41) is 0. The molecule has 0 aliphatic carbocycles. The highest BCUT2D eigenvalue weighted by molar-refractivity contribution is 9.10. The predicted molar refractivity (Wildman–Crippen MR) is 131 cm³/mol. The average molecular weight is 500 g/mol. The van der Waals surface area contributed by atoms with Gasteiger partial charge in [-0.2, -0.15) is 0 Å². The van der Waals surface area contributed by atoms with Crippen molar-refractivity contribution in [3.05, 3.63) is 93.4 Å². The summed E-state index contributed by atoms with van der Waals surface area (Å²) in [4.78, 5) is 2.03. The van der Waals surface area contributed by atoms with Crippen molar-refractivity contribution < 1.29 is 18.6 Å². The summed E-state index contributed by atoms with van der Waals surface area (Å²) >= 11 is 3.61. The summed E-state index contributed by atoms with van der Waals surface area (Å²) < 4.78 is 31.9. The zero-order chi connectivity index (χ0) is 23.1. The maximum absolute atomic E-state index is 15.6. The number of benzene rings is 3. The van der Waals surface area contributed by atoms with Gasteiger partial charge in [0.2, 0.25) is 0 Å². The third kappa shape index (κ3) is 5.62. The summed E-state index contributed by atoms with van der Waals surface area (Å²) in [5.74, 6) is 1.31. The molecule has 3 aromatic carbocycles. The third-order valence-corrected chi connectivity index (χ3v) is 5.91. The molecule has 6 heteroatoms. The molecule has 0 saturated heterocycles. The Bertz CT molecular complexity index is 1020. The van der Waals surface area contributed by atoms with E-state index in [-0.39, 0.29) is 5.82 Å². The van der Waals surface area contributed by atoms with Gasteiger partial charge in [0, 0.05) is 17.6 Å². The van der Waals surface area contributed by atoms with Crippen molar-refractivity contribution in [2.75, 3.05) is 26.2 Å². The fraction of sp³-hybridized carbons (Fsp3) is 0.231. The average Bonchev–Trinajstić information content (AvgIpc) is 2.82. The first-order valence-electron chi connectivity index (χ1n) is 10.2. The lowest BCUT2D eigenvalue weighted by atomic mass is 10.0. The van der Waals surface area contributed by atoms with E-state index < -0.39 is 0 Å². The molecule has 168 valence electrons. The van der Waals surface area contributed by atoms with E-state index >= 15 is 4.39 Å². The Morgan fingerprint density at radius 1 is 0.875 bits per heavy atom. The van der Waals surface area contributed by atoms with E-state index in [1.807, 2.05) is 59.5 Å². The van der Waals surface area contributed by atoms with Crippen LogP contribution in [-0.2, 0) is 17.8 Å². The Morgan fingerprint density at radius 2 is 1.38 bits per heavy atom. The molecule has 0 saturated carbocycles. The van der Waals surface area contributed by atoms with Gasteiger partial charge in [0.1, 0.15) is 17.3 Å². The van der Waals surface area contributed by atoms with Crippen molar-refractivity contribution in [2.24, 2.45) is 0 Å². The zero-order valence-electron chi connectivity index (χ0n) is 18.7. The number of methoxy groups -OCH3 is 3. The van der Waals surface area contributed by atoms with Crippen LogP contribution in [0.25, 0.3) is 6.08 Å². The van der Waals surface area contributed by atoms with Crippen LogP contribution >= 0.6 is 15.9 Å². The van der Waals surface area contributed by atoms with E-state index in [1.165, 1.54) is 0 Å². The van der Waals surface area contributed by atoms with E-state index in [2.05, 4.69) is 15.9 Å². The largest absolute Gasteiger partial charge is 0.504 e. The number of nitrogens with zero attached hydrogens (tertiary/aromatic N) is 1. The maximum Gasteiger partial charge on any atom is 0.150 e. The summed E-state index contributed by atoms with van der Waals surface area (Å²) in [6.45, 7) is 2.84. The van der Waals surface area contributed by atoms with Crippen LogP contribution in [0.3, 0.4) is 0 Å². The molecule has 3 aromatic rings. The van der Waals surface area contributed by atoms with Gasteiger partial charge in [-0.3, -0.25) is 0 Å². The Labute approximate surface area is 197 Å². The molecule has 0 spiro atoms. The van der Waals surface area contributed by atoms with Crippen LogP contribution in [0.2, 0.25) is 0 Å². The Balaban J connectivity index is 2.01. The van der Waals surface area contributed by atoms with Gasteiger partial charge in [0.15, 0.2) is 0 Å². The topological polar surface area (TPSA) is 30.9 Å². The minimum absolute atomic E-state index is 0.258. The van der Waals surface area contributed by atoms with Gasteiger partial charge in [-0.05, 0) is 65.6 Å². The van der Waals surface area contributed by atoms with Crippen LogP contribution in [0.15, 0.2) is 65.3 Å². The second kappa shape index (κ2) is 11.0. The fourth-order valence-electron chi connectivity index (χ4n) is 3.45. The number of rotatable bonds is 9. The summed E-state index contributed by atoms with van der Waals surface area (Å²) in [5.41, 5.74) is 3.93. The highest BCUT2D eigenvalue weighted by Gasteiger charge is 2.19. The number of halogens is 2. The monoisotopic (exact) mass is 499 g/mol. The van der Waals surface area contributed by atoms with Gasteiger partial charge in [-0.25, -0.2) is 4.39 Å². The minimum Gasteiger partial charge on any atom is -0.504 e. The summed E-state index contributed by atoms with van der Waals surface area (Å²) in [6, 6.07) is 17.5. The molecular formula is C26H27BrFNO3. The molecule has 0 N–H and O–H groups in total. The molecule has 0 radical (unpaired) electrons. The molecule has 0 heterocycles. The molecule has 0 aliphatic heterocycles. The van der Waals surface area contributed by atoms with Gasteiger partial charge in [0.25, 0.3) is 0 Å². The van der Waals surface area contributed by atoms with Gasteiger partial charge in [0.05, 0.1) is 33.3 Å². The van der Waals surface area contributed by atoms with Gasteiger partial charge in [-0.1, -0.05) is 40.2 Å². The SMILES string of the molecule is COC=Cc1c(Br)cc(N(Cc2ccc(OC)cc2)Cc2ccc(OC)cc2)c(F)c1C. The van der Waals surface area contributed by atoms with E-state index in [4.69, 9.17) is 14.2 Å². The van der Waals surface area contributed by atoms with Crippen LogP contribution in [-0.4, -0.2) is 21.3 Å². The minimum atomic E-state index is -0.258. The molecule has 32 heavy (non-hydrogen) atoms. The Hall–Kier alpha value is -2.99. The van der Waals surface area contributed by atoms with Crippen LogP contribution < -0.4 is 14.4 Å². The number of hydrogen-bond donors (Lipinski definition) is 0. The van der Waals surface area contributed by atoms with Crippen molar-refractivity contribution in [3.8, 4) is 11.5 Å². The van der Waals surface area contributed by atoms with Crippen LogP contribution in [0.1, 0.15) is 22.3 Å². The molecular weight excluding hydrogens is 473 g/mol. The zero-order valence-corrected chi connectivity index (χ0v) is 20.3. The molecule has 0 bridgehead atoms. The summed E-state index contributed by atoms with van der Waals surface area (Å²) in [6.07, 6.45) is 3.29. The first-order valence-corrected chi connectivity index (χ1v) is 10.9. The predicted octanol–water partition coefficient (Wildman–Crippen LogP) is 6.74. The van der Waals surface area contributed by atoms with E-state index in [1.54, 1.807) is 40.6 Å². The molecule has 0 fully saturated rings. The highest BCUT2D eigenvalue weighted by Crippen LogP contribution is 2.34. The Kier molecular flexibility index (Phi) is 8.17. The van der Waals surface area contributed by atoms with Crippen molar-refractivity contribution in [1.29, 1.82) is 0 Å². The molecule has 0 aromatic heterocycles. The normalized spacial score (nSPS) is 10.9. The highest BCUT2D eigenvalue weighted by atomic mass is 79.9. The standard InChI is InChI=1S/C26H27BrFNO3/c1-18-23(13-14-30-2)24(27)15-25(26(18)28)29(16-19-5-9-21(31-3)10-6-19)17-20-7-11-22(32-4)12-8-20/h5-15H,16-17H2,1-4H3. The third-order valence-electron chi connectivity index (χ3n) is 5.26. The second-order valence-corrected chi connectivity index (χ2v) is 8.18. The smallest absolute Gasteiger partial charge is 0.150 e.